The molecule has 242 valence electrons. The summed E-state index contributed by atoms with van der Waals surface area (Å²) in [5.41, 5.74) is 5.21. The van der Waals surface area contributed by atoms with E-state index >= 15 is 0 Å². The van der Waals surface area contributed by atoms with Gasteiger partial charge >= 0.3 is 5.97 Å². The lowest BCUT2D eigenvalue weighted by molar-refractivity contribution is -0.139. The van der Waals surface area contributed by atoms with E-state index in [2.05, 4.69) is 23.6 Å². The molecule has 0 bridgehead atoms. The number of halogens is 1. The van der Waals surface area contributed by atoms with Gasteiger partial charge in [0, 0.05) is 33.7 Å². The number of allylic oxidation sites excluding steroid dienone is 1. The first-order chi connectivity index (χ1) is 22.6. The standard InChI is InChI=1S/C37H36ClN3O5S/c1-7-45-36(43)33-22(4)39-37-41(34(33)24-16-17-30(46-21(2)3)31(18-24)44-6)35(42)32(47-37)19-27-23(5)40(29-15-11-9-13-26(27)29)20-25-12-8-10-14-28(25)38/h8-19,21,34H,7,20H2,1-6H3/b32-19+/t34-/m0/s1. The lowest BCUT2D eigenvalue weighted by Crippen LogP contribution is -2.40. The van der Waals surface area contributed by atoms with E-state index in [4.69, 9.17) is 30.8 Å². The second-order valence-electron chi connectivity index (χ2n) is 11.6. The van der Waals surface area contributed by atoms with Crippen LogP contribution in [-0.4, -0.2) is 34.9 Å². The number of carbonyl (C=O) groups is 1. The van der Waals surface area contributed by atoms with Crippen molar-refractivity contribution >= 4 is 45.9 Å². The van der Waals surface area contributed by atoms with Crippen LogP contribution < -0.4 is 24.4 Å². The maximum atomic E-state index is 14.4. The summed E-state index contributed by atoms with van der Waals surface area (Å²) in [6.45, 7) is 10.2. The van der Waals surface area contributed by atoms with Crippen LogP contribution >= 0.6 is 22.9 Å². The molecule has 8 nitrogen and oxygen atoms in total. The highest BCUT2D eigenvalue weighted by Crippen LogP contribution is 2.37. The molecular formula is C37H36ClN3O5S. The van der Waals surface area contributed by atoms with Gasteiger partial charge in [-0.05, 0) is 76.1 Å². The first-order valence-corrected chi connectivity index (χ1v) is 16.7. The number of para-hydroxylation sites is 1. The van der Waals surface area contributed by atoms with Crippen LogP contribution in [0, 0.1) is 6.92 Å². The first kappa shape index (κ1) is 32.3. The molecule has 0 saturated carbocycles. The zero-order valence-corrected chi connectivity index (χ0v) is 28.7. The summed E-state index contributed by atoms with van der Waals surface area (Å²) in [5.74, 6) is 0.548. The number of aromatic nitrogens is 2. The van der Waals surface area contributed by atoms with Gasteiger partial charge < -0.3 is 18.8 Å². The summed E-state index contributed by atoms with van der Waals surface area (Å²) in [4.78, 5) is 33.1. The van der Waals surface area contributed by atoms with Crippen molar-refractivity contribution in [3.63, 3.8) is 0 Å². The Bertz CT molecular complexity index is 2230. The lowest BCUT2D eigenvalue weighted by Gasteiger charge is -2.25. The Kier molecular flexibility index (Phi) is 9.12. The largest absolute Gasteiger partial charge is 0.493 e. The van der Waals surface area contributed by atoms with Crippen molar-refractivity contribution in [2.45, 2.75) is 53.3 Å². The SMILES string of the molecule is CCOC(=O)C1=C(C)N=c2s/c(=C/c3c(C)n(Cc4ccccc4Cl)c4ccccc34)c(=O)n2[C@H]1c1ccc(OC(C)C)c(OC)c1. The molecule has 0 aliphatic carbocycles. The van der Waals surface area contributed by atoms with Gasteiger partial charge in [0.15, 0.2) is 16.3 Å². The average molecular weight is 670 g/mol. The van der Waals surface area contributed by atoms with Gasteiger partial charge in [-0.3, -0.25) is 9.36 Å². The molecule has 1 atom stereocenters. The van der Waals surface area contributed by atoms with E-state index in [1.165, 1.54) is 11.3 Å². The molecule has 0 spiro atoms. The van der Waals surface area contributed by atoms with E-state index in [9.17, 15) is 9.59 Å². The number of esters is 1. The molecule has 0 unspecified atom stereocenters. The zero-order chi connectivity index (χ0) is 33.4. The Labute approximate surface area is 281 Å². The molecule has 47 heavy (non-hydrogen) atoms. The topological polar surface area (TPSA) is 84.1 Å². The van der Waals surface area contributed by atoms with Gasteiger partial charge in [-0.2, -0.15) is 0 Å². The Morgan fingerprint density at radius 1 is 1.06 bits per heavy atom. The highest BCUT2D eigenvalue weighted by molar-refractivity contribution is 7.07. The van der Waals surface area contributed by atoms with Crippen molar-refractivity contribution in [3.05, 3.63) is 125 Å². The number of hydrogen-bond acceptors (Lipinski definition) is 7. The second-order valence-corrected chi connectivity index (χ2v) is 13.0. The molecule has 0 N–H and O–H groups in total. The molecule has 6 rings (SSSR count). The molecule has 3 aromatic carbocycles. The molecule has 0 fully saturated rings. The number of methoxy groups -OCH3 is 1. The van der Waals surface area contributed by atoms with Crippen LogP contribution in [0.2, 0.25) is 5.02 Å². The fourth-order valence-corrected chi connectivity index (χ4v) is 7.31. The monoisotopic (exact) mass is 669 g/mol. The van der Waals surface area contributed by atoms with Gasteiger partial charge in [-0.1, -0.05) is 65.4 Å². The number of thiazole rings is 1. The van der Waals surface area contributed by atoms with Gasteiger partial charge in [-0.15, -0.1) is 0 Å². The fourth-order valence-electron chi connectivity index (χ4n) is 6.08. The van der Waals surface area contributed by atoms with E-state index in [0.717, 1.165) is 27.7 Å². The van der Waals surface area contributed by atoms with Gasteiger partial charge in [0.25, 0.3) is 5.56 Å². The maximum Gasteiger partial charge on any atom is 0.338 e. The molecule has 2 aromatic heterocycles. The van der Waals surface area contributed by atoms with Gasteiger partial charge in [-0.25, -0.2) is 9.79 Å². The van der Waals surface area contributed by atoms with E-state index in [1.807, 2.05) is 68.5 Å². The summed E-state index contributed by atoms with van der Waals surface area (Å²) in [6.07, 6.45) is 1.87. The molecule has 0 radical (unpaired) electrons. The van der Waals surface area contributed by atoms with Crippen LogP contribution in [0.15, 0.2) is 87.8 Å². The zero-order valence-electron chi connectivity index (χ0n) is 27.2. The number of ether oxygens (including phenoxy) is 3. The smallest absolute Gasteiger partial charge is 0.338 e. The van der Waals surface area contributed by atoms with Crippen LogP contribution in [0.4, 0.5) is 0 Å². The van der Waals surface area contributed by atoms with Crippen molar-refractivity contribution < 1.29 is 19.0 Å². The minimum absolute atomic E-state index is 0.0660. The first-order valence-electron chi connectivity index (χ1n) is 15.5. The fraction of sp³-hybridized carbons (Fsp3) is 0.270. The minimum Gasteiger partial charge on any atom is -0.493 e. The highest BCUT2D eigenvalue weighted by atomic mass is 35.5. The Hall–Kier alpha value is -4.60. The number of hydrogen-bond donors (Lipinski definition) is 0. The third-order valence-corrected chi connectivity index (χ3v) is 9.58. The molecule has 1 aliphatic rings. The predicted octanol–water partition coefficient (Wildman–Crippen LogP) is 6.56. The van der Waals surface area contributed by atoms with Crippen LogP contribution in [0.1, 0.15) is 56.1 Å². The van der Waals surface area contributed by atoms with E-state index in [0.29, 0.717) is 49.2 Å². The summed E-state index contributed by atoms with van der Waals surface area (Å²) in [5, 5.41) is 1.72. The van der Waals surface area contributed by atoms with Crippen molar-refractivity contribution in [3.8, 4) is 11.5 Å². The lowest BCUT2D eigenvalue weighted by atomic mass is 9.95. The molecule has 1 aliphatic heterocycles. The normalized spacial score (nSPS) is 14.8. The average Bonchev–Trinajstić information content (AvgIpc) is 3.49. The third kappa shape index (κ3) is 6.01. The van der Waals surface area contributed by atoms with Gasteiger partial charge in [0.05, 0.1) is 41.7 Å². The van der Waals surface area contributed by atoms with Crippen LogP contribution in [0.3, 0.4) is 0 Å². The number of carbonyl (C=O) groups excluding carboxylic acids is 1. The van der Waals surface area contributed by atoms with Gasteiger partial charge in [0.2, 0.25) is 0 Å². The second kappa shape index (κ2) is 13.3. The third-order valence-electron chi connectivity index (χ3n) is 8.22. The molecule has 10 heteroatoms. The Morgan fingerprint density at radius 3 is 2.53 bits per heavy atom. The van der Waals surface area contributed by atoms with Crippen LogP contribution in [0.5, 0.6) is 11.5 Å². The summed E-state index contributed by atoms with van der Waals surface area (Å²) >= 11 is 7.84. The van der Waals surface area contributed by atoms with E-state index in [-0.39, 0.29) is 18.3 Å². The number of rotatable bonds is 9. The van der Waals surface area contributed by atoms with E-state index in [1.54, 1.807) is 31.6 Å². The molecule has 5 aromatic rings. The van der Waals surface area contributed by atoms with Crippen LogP contribution in [-0.2, 0) is 16.1 Å². The minimum atomic E-state index is -0.780. The molecular weight excluding hydrogens is 634 g/mol. The molecule has 0 saturated heterocycles. The van der Waals surface area contributed by atoms with Crippen molar-refractivity contribution in [2.24, 2.45) is 4.99 Å². The number of fused-ring (bicyclic) bond motifs is 2. The van der Waals surface area contributed by atoms with E-state index < -0.39 is 12.0 Å². The molecule has 0 amide bonds. The number of benzene rings is 3. The number of nitrogens with zero attached hydrogens (tertiary/aromatic N) is 3. The van der Waals surface area contributed by atoms with Gasteiger partial charge in [0.1, 0.15) is 0 Å². The summed E-state index contributed by atoms with van der Waals surface area (Å²) in [7, 11) is 1.57. The maximum absolute atomic E-state index is 14.4. The quantitative estimate of drug-likeness (QED) is 0.166. The van der Waals surface area contributed by atoms with Crippen LogP contribution in [0.25, 0.3) is 17.0 Å². The summed E-state index contributed by atoms with van der Waals surface area (Å²) < 4.78 is 21.4. The van der Waals surface area contributed by atoms with Crippen molar-refractivity contribution in [2.75, 3.05) is 13.7 Å². The highest BCUT2D eigenvalue weighted by Gasteiger charge is 2.34. The summed E-state index contributed by atoms with van der Waals surface area (Å²) in [6, 6.07) is 20.6. The Balaban J connectivity index is 1.55. The van der Waals surface area contributed by atoms with Crippen molar-refractivity contribution in [1.82, 2.24) is 9.13 Å². The molecule has 3 heterocycles. The Morgan fingerprint density at radius 2 is 1.81 bits per heavy atom. The predicted molar refractivity (Wildman–Crippen MR) is 186 cm³/mol. The van der Waals surface area contributed by atoms with Crippen molar-refractivity contribution in [1.29, 1.82) is 0 Å².